The van der Waals surface area contributed by atoms with E-state index in [1.54, 1.807) is 20.8 Å². The van der Waals surface area contributed by atoms with E-state index >= 15 is 0 Å². The predicted octanol–water partition coefficient (Wildman–Crippen LogP) is 9.02. The Morgan fingerprint density at radius 2 is 1.29 bits per heavy atom. The number of amides is 4. The molecule has 3 atom stereocenters. The summed E-state index contributed by atoms with van der Waals surface area (Å²) in [7, 11) is -0.774. The van der Waals surface area contributed by atoms with E-state index in [1.807, 2.05) is 103 Å². The van der Waals surface area contributed by atoms with Crippen LogP contribution in [0.5, 0.6) is 11.5 Å². The van der Waals surface area contributed by atoms with Crippen LogP contribution in [-0.2, 0) is 35.3 Å². The van der Waals surface area contributed by atoms with E-state index in [9.17, 15) is 28.2 Å². The van der Waals surface area contributed by atoms with Crippen molar-refractivity contribution in [3.05, 3.63) is 109 Å². The summed E-state index contributed by atoms with van der Waals surface area (Å²) in [6.07, 6.45) is 3.46. The largest absolute Gasteiger partial charge is 0.493 e. The summed E-state index contributed by atoms with van der Waals surface area (Å²) >= 11 is 0. The summed E-state index contributed by atoms with van der Waals surface area (Å²) in [6.45, 7) is 9.99. The molecular weight excluding hydrogens is 987 g/mol. The lowest BCUT2D eigenvalue weighted by Crippen LogP contribution is -2.60. The highest BCUT2D eigenvalue weighted by molar-refractivity contribution is 7.76. The number of fused-ring (bicyclic) bond motifs is 2. The first-order valence-corrected chi connectivity index (χ1v) is 28.0. The third-order valence-corrected chi connectivity index (χ3v) is 13.4. The van der Waals surface area contributed by atoms with Crippen LogP contribution >= 0.6 is 8.26 Å². The highest BCUT2D eigenvalue weighted by Crippen LogP contribution is 2.45. The van der Waals surface area contributed by atoms with E-state index in [4.69, 9.17) is 24.4 Å². The Bertz CT molecular complexity index is 2770. The number of carbonyl (C=O) groups is 5. The summed E-state index contributed by atoms with van der Waals surface area (Å²) in [4.78, 5) is 69.5. The van der Waals surface area contributed by atoms with Crippen molar-refractivity contribution in [2.45, 2.75) is 129 Å². The molecule has 6 rings (SSSR count). The number of ether oxygens (including phenoxy) is 4. The van der Waals surface area contributed by atoms with Crippen molar-refractivity contribution in [1.82, 2.24) is 31.7 Å². The molecule has 76 heavy (non-hydrogen) atoms. The SMILES string of the molecule is BP(F)NC(=N)NCCC[C@@H](NC(=O)[C@@H](CCCCNC(=O)OC(C)(C)C)NC(=O)COc1ccc2ccccc2c1-c1c(OCCC(C)C)ccc2ccccc12)C(=O)NC1(C(=O)OCc2ccccc2)CCCC1. The van der Waals surface area contributed by atoms with Gasteiger partial charge < -0.3 is 50.6 Å². The zero-order valence-corrected chi connectivity index (χ0v) is 45.5. The molecule has 0 bridgehead atoms. The molecule has 0 aromatic heterocycles. The molecule has 1 fully saturated rings. The number of carbonyl (C=O) groups excluding carboxylic acids is 5. The van der Waals surface area contributed by atoms with Crippen molar-refractivity contribution in [2.24, 2.45) is 5.92 Å². The zero-order chi connectivity index (χ0) is 54.7. The second-order valence-electron chi connectivity index (χ2n) is 20.6. The molecule has 7 N–H and O–H groups in total. The van der Waals surface area contributed by atoms with Crippen molar-refractivity contribution in [3.63, 3.8) is 0 Å². The Balaban J connectivity index is 1.25. The summed E-state index contributed by atoms with van der Waals surface area (Å²) in [5.41, 5.74) is 0.318. The van der Waals surface area contributed by atoms with Gasteiger partial charge >= 0.3 is 12.1 Å². The number of rotatable bonds is 26. The Morgan fingerprint density at radius 1 is 0.711 bits per heavy atom. The minimum atomic E-state index is -2.09. The van der Waals surface area contributed by atoms with Crippen LogP contribution in [-0.4, -0.2) is 92.8 Å². The molecule has 5 aromatic rings. The lowest BCUT2D eigenvalue weighted by Gasteiger charge is -2.31. The maximum atomic E-state index is 14.6. The molecule has 0 saturated heterocycles. The number of nitrogens with one attached hydrogen (secondary N) is 7. The van der Waals surface area contributed by atoms with Gasteiger partial charge in [0.1, 0.15) is 49.6 Å². The lowest BCUT2D eigenvalue weighted by molar-refractivity contribution is -0.155. The molecule has 19 heteroatoms. The number of guanidine groups is 1. The van der Waals surface area contributed by atoms with Crippen molar-refractivity contribution >= 4 is 73.1 Å². The van der Waals surface area contributed by atoms with Gasteiger partial charge in [-0.25, -0.2) is 13.8 Å². The van der Waals surface area contributed by atoms with E-state index in [0.29, 0.717) is 62.5 Å². The van der Waals surface area contributed by atoms with Gasteiger partial charge in [-0.1, -0.05) is 118 Å². The molecule has 1 aliphatic carbocycles. The third kappa shape index (κ3) is 17.6. The molecule has 0 aliphatic heterocycles. The number of halogens is 1. The molecule has 0 radical (unpaired) electrons. The normalized spacial score (nSPS) is 14.2. The van der Waals surface area contributed by atoms with E-state index in [2.05, 4.69) is 45.5 Å². The Kier molecular flexibility index (Phi) is 21.7. The summed E-state index contributed by atoms with van der Waals surface area (Å²) in [5.74, 6) is -1.18. The van der Waals surface area contributed by atoms with Crippen LogP contribution in [0, 0.1) is 11.3 Å². The molecule has 406 valence electrons. The molecule has 16 nitrogen and oxygen atoms in total. The zero-order valence-electron chi connectivity index (χ0n) is 44.7. The van der Waals surface area contributed by atoms with Gasteiger partial charge in [0.15, 0.2) is 12.6 Å². The highest BCUT2D eigenvalue weighted by atomic mass is 31.2. The monoisotopic (exact) mass is 1060 g/mol. The van der Waals surface area contributed by atoms with Crippen molar-refractivity contribution in [2.75, 3.05) is 26.3 Å². The van der Waals surface area contributed by atoms with Gasteiger partial charge in [0.25, 0.3) is 5.91 Å². The minimum Gasteiger partial charge on any atom is -0.493 e. The number of alkyl carbamates (subject to hydrolysis) is 1. The number of unbranched alkanes of at least 4 members (excludes halogenated alkanes) is 1. The van der Waals surface area contributed by atoms with Gasteiger partial charge in [-0.3, -0.25) is 19.8 Å². The average Bonchev–Trinajstić information content (AvgIpc) is 3.86. The second kappa shape index (κ2) is 28.3. The maximum Gasteiger partial charge on any atom is 0.407 e. The van der Waals surface area contributed by atoms with Crippen LogP contribution in [0.2, 0.25) is 0 Å². The van der Waals surface area contributed by atoms with Crippen LogP contribution in [0.1, 0.15) is 104 Å². The first kappa shape index (κ1) is 58.3. The number of esters is 1. The average molecular weight is 1060 g/mol. The van der Waals surface area contributed by atoms with Crippen LogP contribution < -0.4 is 41.1 Å². The van der Waals surface area contributed by atoms with Gasteiger partial charge in [-0.2, -0.15) is 0 Å². The number of benzene rings is 5. The fourth-order valence-corrected chi connectivity index (χ4v) is 9.47. The van der Waals surface area contributed by atoms with Gasteiger partial charge in [-0.15, -0.1) is 0 Å². The molecule has 5 aromatic carbocycles. The molecular formula is C57H74BFN7O9P. The Labute approximate surface area is 447 Å². The van der Waals surface area contributed by atoms with E-state index in [0.717, 1.165) is 44.7 Å². The topological polar surface area (TPSA) is 218 Å². The predicted molar refractivity (Wildman–Crippen MR) is 300 cm³/mol. The van der Waals surface area contributed by atoms with E-state index in [1.165, 1.54) is 7.57 Å². The van der Waals surface area contributed by atoms with Crippen LogP contribution in [0.15, 0.2) is 103 Å². The molecule has 4 amide bonds. The first-order chi connectivity index (χ1) is 36.4. The first-order valence-electron chi connectivity index (χ1n) is 26.3. The van der Waals surface area contributed by atoms with Crippen molar-refractivity contribution < 1.29 is 47.1 Å². The fraction of sp³-hybridized carbons (Fsp3) is 0.439. The number of hydrogen-bond donors (Lipinski definition) is 7. The van der Waals surface area contributed by atoms with Gasteiger partial charge in [0.2, 0.25) is 19.4 Å². The van der Waals surface area contributed by atoms with Gasteiger partial charge in [0, 0.05) is 24.2 Å². The smallest absolute Gasteiger partial charge is 0.407 e. The van der Waals surface area contributed by atoms with Crippen molar-refractivity contribution in [1.29, 1.82) is 5.41 Å². The van der Waals surface area contributed by atoms with Crippen LogP contribution in [0.4, 0.5) is 8.99 Å². The van der Waals surface area contributed by atoms with Gasteiger partial charge in [0.05, 0.1) is 6.61 Å². The van der Waals surface area contributed by atoms with Crippen LogP contribution in [0.25, 0.3) is 32.7 Å². The Morgan fingerprint density at radius 3 is 1.91 bits per heavy atom. The highest BCUT2D eigenvalue weighted by Gasteiger charge is 2.45. The standard InChI is InChI=1S/C57H74BFN7O9P/c1-38(2)30-35-72-46-28-26-40-20-9-11-22-42(40)49(46)50-43-23-12-10-21-41(43)27-29-47(50)73-37-48(67)63-44(24-13-16-33-62-55(71)75-56(3,4)5)51(68)64-45(25-17-34-61-54(60)66-76(58)59)52(69)65-57(31-14-15-32-57)53(70)74-36-39-18-7-6-8-19-39/h6-12,18-23,26-29,38,44-45H,13-17,24-25,30-37,58H2,1-5H3,(H,62,71)(H,63,67)(H,64,68)(H,65,69)(H3,60,61,66)/t44-,45-,76?/m1/s1. The molecule has 0 heterocycles. The minimum absolute atomic E-state index is 0.0135. The van der Waals surface area contributed by atoms with E-state index < -0.39 is 67.9 Å². The molecule has 1 unspecified atom stereocenters. The molecule has 1 aliphatic rings. The van der Waals surface area contributed by atoms with Crippen molar-refractivity contribution in [3.8, 4) is 22.6 Å². The summed E-state index contributed by atoms with van der Waals surface area (Å²) in [6, 6.07) is 30.5. The molecule has 0 spiro atoms. The maximum absolute atomic E-state index is 14.6. The summed E-state index contributed by atoms with van der Waals surface area (Å²) in [5, 5.41) is 28.4. The second-order valence-corrected chi connectivity index (χ2v) is 21.8. The third-order valence-electron chi connectivity index (χ3n) is 12.9. The number of hydrogen-bond acceptors (Lipinski definition) is 10. The van der Waals surface area contributed by atoms with E-state index in [-0.39, 0.29) is 44.9 Å². The summed E-state index contributed by atoms with van der Waals surface area (Å²) < 4.78 is 37.8. The molecule has 1 saturated carbocycles. The lowest BCUT2D eigenvalue weighted by atomic mass is 9.92. The Hall–Kier alpha value is -6.94. The fourth-order valence-electron chi connectivity index (χ4n) is 9.09. The van der Waals surface area contributed by atoms with Gasteiger partial charge in [-0.05, 0) is 117 Å². The quantitative estimate of drug-likeness (QED) is 0.00692. The van der Waals surface area contributed by atoms with Crippen LogP contribution in [0.3, 0.4) is 0 Å².